The Bertz CT molecular complexity index is 2820. The van der Waals surface area contributed by atoms with Crippen LogP contribution in [0.2, 0.25) is 0 Å². The van der Waals surface area contributed by atoms with Gasteiger partial charge in [-0.2, -0.15) is 0 Å². The van der Waals surface area contributed by atoms with Crippen LogP contribution in [0.15, 0.2) is 174 Å². The molecule has 10 rings (SSSR count). The second kappa shape index (κ2) is 11.4. The normalized spacial score (nSPS) is 11.6. The molecule has 10 aromatic rings. The van der Waals surface area contributed by atoms with Gasteiger partial charge in [-0.15, -0.1) is 0 Å². The third-order valence-corrected chi connectivity index (χ3v) is 9.47. The van der Waals surface area contributed by atoms with E-state index in [-0.39, 0.29) is 0 Å². The number of aromatic nitrogens is 4. The highest BCUT2D eigenvalue weighted by atomic mass is 16.3. The predicted octanol–water partition coefficient (Wildman–Crippen LogP) is 11.5. The van der Waals surface area contributed by atoms with Crippen LogP contribution in [0.1, 0.15) is 0 Å². The second-order valence-corrected chi connectivity index (χ2v) is 12.4. The van der Waals surface area contributed by atoms with Gasteiger partial charge >= 0.3 is 0 Å². The van der Waals surface area contributed by atoms with Crippen LogP contribution in [0.25, 0.3) is 94.7 Å². The molecule has 5 heteroatoms. The highest BCUT2D eigenvalue weighted by molar-refractivity contribution is 6.10. The zero-order valence-corrected chi connectivity index (χ0v) is 26.9. The summed E-state index contributed by atoms with van der Waals surface area (Å²) in [5.41, 5.74) is 9.93. The van der Waals surface area contributed by atoms with Gasteiger partial charge in [0, 0.05) is 43.8 Å². The van der Waals surface area contributed by atoms with Gasteiger partial charge in [-0.25, -0.2) is 15.0 Å². The van der Waals surface area contributed by atoms with Gasteiger partial charge < -0.3 is 8.98 Å². The molecule has 0 atom stereocenters. The van der Waals surface area contributed by atoms with Crippen molar-refractivity contribution in [2.75, 3.05) is 0 Å². The molecular weight excluding hydrogens is 613 g/mol. The number of rotatable bonds is 5. The fourth-order valence-electron chi connectivity index (χ4n) is 7.12. The number of hydrogen-bond donors (Lipinski definition) is 0. The van der Waals surface area contributed by atoms with E-state index in [9.17, 15) is 0 Å². The van der Waals surface area contributed by atoms with Crippen molar-refractivity contribution in [2.45, 2.75) is 0 Å². The zero-order valence-electron chi connectivity index (χ0n) is 26.9. The fourth-order valence-corrected chi connectivity index (χ4v) is 7.12. The molecule has 0 fully saturated rings. The third-order valence-electron chi connectivity index (χ3n) is 9.47. The van der Waals surface area contributed by atoms with Crippen molar-refractivity contribution in [1.82, 2.24) is 19.5 Å². The molecule has 0 aliphatic carbocycles. The van der Waals surface area contributed by atoms with Crippen molar-refractivity contribution >= 4 is 43.7 Å². The Balaban J connectivity index is 1.22. The van der Waals surface area contributed by atoms with Crippen LogP contribution in [-0.2, 0) is 0 Å². The lowest BCUT2D eigenvalue weighted by Crippen LogP contribution is -2.02. The largest absolute Gasteiger partial charge is 0.456 e. The molecular formula is C45H28N4O. The summed E-state index contributed by atoms with van der Waals surface area (Å²) < 4.78 is 8.62. The Morgan fingerprint density at radius 2 is 0.860 bits per heavy atom. The molecule has 0 aliphatic rings. The van der Waals surface area contributed by atoms with E-state index in [1.165, 1.54) is 10.8 Å². The van der Waals surface area contributed by atoms with E-state index in [0.29, 0.717) is 17.5 Å². The molecule has 0 spiro atoms. The number of hydrogen-bond acceptors (Lipinski definition) is 4. The lowest BCUT2D eigenvalue weighted by Gasteiger charge is -2.16. The Labute approximate surface area is 287 Å². The van der Waals surface area contributed by atoms with Crippen LogP contribution < -0.4 is 0 Å². The molecule has 0 saturated heterocycles. The van der Waals surface area contributed by atoms with Crippen LogP contribution in [0.5, 0.6) is 0 Å². The summed E-state index contributed by atoms with van der Waals surface area (Å²) in [6.45, 7) is 0. The van der Waals surface area contributed by atoms with Crippen LogP contribution in [-0.4, -0.2) is 19.5 Å². The van der Waals surface area contributed by atoms with Crippen LogP contribution in [0, 0.1) is 0 Å². The molecule has 7 aromatic carbocycles. The minimum absolute atomic E-state index is 0.585. The Morgan fingerprint density at radius 1 is 0.360 bits per heavy atom. The summed E-state index contributed by atoms with van der Waals surface area (Å²) in [4.78, 5) is 15.2. The van der Waals surface area contributed by atoms with Gasteiger partial charge in [0.1, 0.15) is 11.2 Å². The minimum atomic E-state index is 0.585. The average Bonchev–Trinajstić information content (AvgIpc) is 3.73. The molecule has 0 unspecified atom stereocenters. The Morgan fingerprint density at radius 3 is 1.54 bits per heavy atom. The van der Waals surface area contributed by atoms with Crippen molar-refractivity contribution in [3.63, 3.8) is 0 Å². The smallest absolute Gasteiger partial charge is 0.164 e. The second-order valence-electron chi connectivity index (χ2n) is 12.4. The van der Waals surface area contributed by atoms with Crippen molar-refractivity contribution in [2.24, 2.45) is 0 Å². The van der Waals surface area contributed by atoms with Gasteiger partial charge in [-0.05, 0) is 42.0 Å². The van der Waals surface area contributed by atoms with E-state index in [4.69, 9.17) is 19.4 Å². The van der Waals surface area contributed by atoms with E-state index in [2.05, 4.69) is 120 Å². The average molecular weight is 641 g/mol. The third kappa shape index (κ3) is 4.60. The number of fused-ring (bicyclic) bond motifs is 6. The molecule has 0 saturated carbocycles. The van der Waals surface area contributed by atoms with E-state index < -0.39 is 0 Å². The maximum Gasteiger partial charge on any atom is 0.164 e. The van der Waals surface area contributed by atoms with Crippen LogP contribution in [0.4, 0.5) is 0 Å². The standard InChI is InChI=1S/C45H28N4O/c1-3-13-29(14-4-1)33-25-23-31(27-40(33)49-38-20-10-7-17-34(38)35-18-8-11-21-39(35)49)44-46-43(30-15-5-2-6-16-30)47-45(48-44)32-24-26-37-36-19-9-12-22-41(36)50-42(37)28-32/h1-28H. The van der Waals surface area contributed by atoms with Crippen molar-refractivity contribution in [3.05, 3.63) is 170 Å². The summed E-state index contributed by atoms with van der Waals surface area (Å²) in [5.74, 6) is 1.79. The number of furan rings is 1. The van der Waals surface area contributed by atoms with Crippen molar-refractivity contribution in [1.29, 1.82) is 0 Å². The maximum absolute atomic E-state index is 6.25. The van der Waals surface area contributed by atoms with Crippen molar-refractivity contribution < 1.29 is 4.42 Å². The van der Waals surface area contributed by atoms with E-state index in [1.807, 2.05) is 54.6 Å². The summed E-state index contributed by atoms with van der Waals surface area (Å²) in [6.07, 6.45) is 0. The maximum atomic E-state index is 6.25. The molecule has 234 valence electrons. The van der Waals surface area contributed by atoms with E-state index in [0.717, 1.165) is 66.5 Å². The highest BCUT2D eigenvalue weighted by Crippen LogP contribution is 2.38. The molecule has 5 nitrogen and oxygen atoms in total. The molecule has 0 amide bonds. The van der Waals surface area contributed by atoms with Gasteiger partial charge in [0.2, 0.25) is 0 Å². The zero-order chi connectivity index (χ0) is 33.0. The summed E-state index contributed by atoms with van der Waals surface area (Å²) in [6, 6.07) is 58.7. The number of nitrogens with zero attached hydrogens (tertiary/aromatic N) is 4. The Kier molecular flexibility index (Phi) is 6.42. The molecule has 50 heavy (non-hydrogen) atoms. The molecule has 0 radical (unpaired) electrons. The SMILES string of the molecule is c1ccc(-c2nc(-c3ccc(-c4ccccc4)c(-n4c5ccccc5c5ccccc54)c3)nc(-c3ccc4c(c3)oc3ccccc34)n2)cc1. The van der Waals surface area contributed by atoms with Crippen LogP contribution >= 0.6 is 0 Å². The predicted molar refractivity (Wildman–Crippen MR) is 203 cm³/mol. The molecule has 0 N–H and O–H groups in total. The molecule has 3 aromatic heterocycles. The van der Waals surface area contributed by atoms with Crippen LogP contribution in [0.3, 0.4) is 0 Å². The monoisotopic (exact) mass is 640 g/mol. The summed E-state index contributed by atoms with van der Waals surface area (Å²) >= 11 is 0. The number of para-hydroxylation sites is 3. The first-order valence-electron chi connectivity index (χ1n) is 16.7. The molecule has 3 heterocycles. The highest BCUT2D eigenvalue weighted by Gasteiger charge is 2.19. The Hall–Kier alpha value is -6.85. The molecule has 0 aliphatic heterocycles. The fraction of sp³-hybridized carbons (Fsp3) is 0. The topological polar surface area (TPSA) is 56.7 Å². The van der Waals surface area contributed by atoms with Gasteiger partial charge in [0.05, 0.1) is 16.7 Å². The first kappa shape index (κ1) is 28.2. The number of benzene rings is 7. The van der Waals surface area contributed by atoms with Crippen molar-refractivity contribution in [3.8, 4) is 51.0 Å². The first-order valence-corrected chi connectivity index (χ1v) is 16.7. The van der Waals surface area contributed by atoms with Gasteiger partial charge in [0.25, 0.3) is 0 Å². The molecule has 0 bridgehead atoms. The van der Waals surface area contributed by atoms with Gasteiger partial charge in [-0.1, -0.05) is 133 Å². The van der Waals surface area contributed by atoms with E-state index in [1.54, 1.807) is 0 Å². The lowest BCUT2D eigenvalue weighted by molar-refractivity contribution is 0.669. The van der Waals surface area contributed by atoms with E-state index >= 15 is 0 Å². The summed E-state index contributed by atoms with van der Waals surface area (Å²) in [5, 5.41) is 4.57. The first-order chi connectivity index (χ1) is 24.8. The lowest BCUT2D eigenvalue weighted by atomic mass is 10.0. The van der Waals surface area contributed by atoms with Gasteiger partial charge in [0.15, 0.2) is 17.5 Å². The minimum Gasteiger partial charge on any atom is -0.456 e. The quantitative estimate of drug-likeness (QED) is 0.188. The van der Waals surface area contributed by atoms with Gasteiger partial charge in [-0.3, -0.25) is 0 Å². The summed E-state index contributed by atoms with van der Waals surface area (Å²) in [7, 11) is 0.